The third-order valence-corrected chi connectivity index (χ3v) is 8.45. The fourth-order valence-electron chi connectivity index (χ4n) is 6.07. The van der Waals surface area contributed by atoms with E-state index in [9.17, 15) is 30.3 Å². The van der Waals surface area contributed by atoms with E-state index >= 15 is 0 Å². The maximum Gasteiger partial charge on any atom is 0.309 e. The first-order chi connectivity index (χ1) is 18.1. The van der Waals surface area contributed by atoms with Gasteiger partial charge in [0.05, 0.1) is 35.7 Å². The van der Waals surface area contributed by atoms with Crippen molar-refractivity contribution in [1.82, 2.24) is 5.32 Å². The lowest BCUT2D eigenvalue weighted by Crippen LogP contribution is -2.39. The minimum atomic E-state index is -1.31. The average Bonchev–Trinajstić information content (AvgIpc) is 3.14. The number of hydrogen-bond acceptors (Lipinski definition) is 7. The third kappa shape index (κ3) is 11.6. The Morgan fingerprint density at radius 1 is 1.05 bits per heavy atom. The number of carboxylic acids is 1. The number of nitrogens with one attached hydrogen (secondary N) is 1. The van der Waals surface area contributed by atoms with Crippen molar-refractivity contribution in [2.75, 3.05) is 6.54 Å². The van der Waals surface area contributed by atoms with E-state index in [-0.39, 0.29) is 24.9 Å². The first kappa shape index (κ1) is 32.6. The summed E-state index contributed by atoms with van der Waals surface area (Å²) in [7, 11) is 0. The Labute approximate surface area is 229 Å². The van der Waals surface area contributed by atoms with Crippen LogP contribution in [0.25, 0.3) is 0 Å². The van der Waals surface area contributed by atoms with E-state index < -0.39 is 29.7 Å². The molecule has 0 spiro atoms. The maximum atomic E-state index is 11.8. The number of allylic oxidation sites excluding steroid dienone is 2. The zero-order valence-corrected chi connectivity index (χ0v) is 23.5. The molecule has 2 rings (SSSR count). The van der Waals surface area contributed by atoms with E-state index in [1.807, 2.05) is 6.08 Å². The van der Waals surface area contributed by atoms with Gasteiger partial charge in [-0.05, 0) is 68.9 Å². The summed E-state index contributed by atoms with van der Waals surface area (Å²) < 4.78 is 0. The van der Waals surface area contributed by atoms with E-state index in [1.165, 1.54) is 25.7 Å². The Hall–Kier alpha value is -1.61. The van der Waals surface area contributed by atoms with E-state index in [1.54, 1.807) is 0 Å². The highest BCUT2D eigenvalue weighted by atomic mass is 16.4. The second kappa shape index (κ2) is 17.2. The minimum absolute atomic E-state index is 0.107. The van der Waals surface area contributed by atoms with Crippen LogP contribution in [0.1, 0.15) is 116 Å². The van der Waals surface area contributed by atoms with Crippen LogP contribution in [0.3, 0.4) is 0 Å². The van der Waals surface area contributed by atoms with Crippen LogP contribution < -0.4 is 11.1 Å². The highest BCUT2D eigenvalue weighted by Gasteiger charge is 2.45. The van der Waals surface area contributed by atoms with Crippen LogP contribution in [0.15, 0.2) is 23.5 Å². The molecule has 0 saturated heterocycles. The quantitative estimate of drug-likeness (QED) is 0.114. The summed E-state index contributed by atoms with van der Waals surface area (Å²) >= 11 is 0. The van der Waals surface area contributed by atoms with Crippen molar-refractivity contribution in [3.63, 3.8) is 0 Å². The number of carbonyl (C=O) groups is 1. The molecular formula is C30H54N2O6. The van der Waals surface area contributed by atoms with Gasteiger partial charge < -0.3 is 36.6 Å². The molecule has 6 atom stereocenters. The summed E-state index contributed by atoms with van der Waals surface area (Å²) in [5.41, 5.74) is 5.61. The fourth-order valence-corrected chi connectivity index (χ4v) is 6.07. The zero-order valence-electron chi connectivity index (χ0n) is 23.5. The molecule has 0 aromatic carbocycles. The number of carboxylic acid groups (broad SMARTS) is 1. The summed E-state index contributed by atoms with van der Waals surface area (Å²) in [6.45, 7) is 2.86. The second-order valence-electron chi connectivity index (χ2n) is 11.8. The van der Waals surface area contributed by atoms with Crippen LogP contribution in [0.5, 0.6) is 0 Å². The predicted molar refractivity (Wildman–Crippen MR) is 150 cm³/mol. The molecule has 8 nitrogen and oxygen atoms in total. The highest BCUT2D eigenvalue weighted by molar-refractivity contribution is 5.70. The molecule has 0 unspecified atom stereocenters. The number of nitrogens with two attached hydrogens (primary N) is 1. The van der Waals surface area contributed by atoms with Crippen LogP contribution in [0, 0.1) is 11.8 Å². The molecular weight excluding hydrogens is 484 g/mol. The number of hydrogen-bond donors (Lipinski definition) is 7. The van der Waals surface area contributed by atoms with Crippen molar-refractivity contribution in [3.05, 3.63) is 23.5 Å². The Morgan fingerprint density at radius 3 is 2.29 bits per heavy atom. The van der Waals surface area contributed by atoms with Crippen LogP contribution >= 0.6 is 0 Å². The van der Waals surface area contributed by atoms with E-state index in [4.69, 9.17) is 5.73 Å². The van der Waals surface area contributed by atoms with Crippen molar-refractivity contribution in [2.45, 2.75) is 140 Å². The van der Waals surface area contributed by atoms with Crippen molar-refractivity contribution in [3.8, 4) is 0 Å². The van der Waals surface area contributed by atoms with Crippen molar-refractivity contribution >= 4 is 5.97 Å². The molecule has 1 heterocycles. The zero-order chi connectivity index (χ0) is 28.0. The number of dihydropyridines is 1. The number of rotatable bonds is 20. The third-order valence-electron chi connectivity index (χ3n) is 8.45. The highest BCUT2D eigenvalue weighted by Crippen LogP contribution is 2.41. The van der Waals surface area contributed by atoms with Crippen LogP contribution in [0.2, 0.25) is 0 Å². The molecule has 0 amide bonds. The van der Waals surface area contributed by atoms with Crippen molar-refractivity contribution < 1.29 is 30.3 Å². The lowest BCUT2D eigenvalue weighted by Gasteiger charge is -2.29. The largest absolute Gasteiger partial charge is 0.481 e. The normalized spacial score (nSPS) is 25.8. The minimum Gasteiger partial charge on any atom is -0.481 e. The summed E-state index contributed by atoms with van der Waals surface area (Å²) in [4.78, 5) is 11.8. The van der Waals surface area contributed by atoms with E-state index in [0.717, 1.165) is 50.5 Å². The molecule has 1 saturated carbocycles. The molecule has 1 aliphatic heterocycles. The Bertz CT molecular complexity index is 757. The van der Waals surface area contributed by atoms with Crippen LogP contribution in [-0.2, 0) is 4.79 Å². The first-order valence-corrected chi connectivity index (χ1v) is 15.0. The van der Waals surface area contributed by atoms with Gasteiger partial charge in [-0.25, -0.2) is 0 Å². The molecule has 2 aliphatic rings. The summed E-state index contributed by atoms with van der Waals surface area (Å²) in [6, 6.07) is 0. The topological polar surface area (TPSA) is 156 Å². The van der Waals surface area contributed by atoms with Gasteiger partial charge in [0.15, 0.2) is 0 Å². The van der Waals surface area contributed by atoms with Gasteiger partial charge >= 0.3 is 5.97 Å². The average molecular weight is 539 g/mol. The van der Waals surface area contributed by atoms with Crippen LogP contribution in [-0.4, -0.2) is 62.0 Å². The fraction of sp³-hybridized carbons (Fsp3) is 0.833. The first-order valence-electron chi connectivity index (χ1n) is 15.0. The van der Waals surface area contributed by atoms with Gasteiger partial charge in [0.25, 0.3) is 0 Å². The molecule has 38 heavy (non-hydrogen) atoms. The van der Waals surface area contributed by atoms with Crippen molar-refractivity contribution in [1.29, 1.82) is 0 Å². The Kier molecular flexibility index (Phi) is 14.7. The maximum absolute atomic E-state index is 11.8. The molecule has 8 N–H and O–H groups in total. The number of unbranched alkanes of at least 4 members (excludes halogenated alkanes) is 7. The SMILES string of the molecule is CCCCCCC[C@H](O)CCCCCC[C@H](C(=O)O)[C@H](O)CC[C@@]1(O)C[C@@H](CC2=CCNC(N)=C2)C[C@H]1O. The van der Waals surface area contributed by atoms with Gasteiger partial charge in [-0.1, -0.05) is 70.8 Å². The van der Waals surface area contributed by atoms with E-state index in [2.05, 4.69) is 18.3 Å². The number of aliphatic hydroxyl groups is 4. The smallest absolute Gasteiger partial charge is 0.309 e. The summed E-state index contributed by atoms with van der Waals surface area (Å²) in [6.07, 6.45) is 15.1. The van der Waals surface area contributed by atoms with Gasteiger partial charge in [-0.3, -0.25) is 4.79 Å². The van der Waals surface area contributed by atoms with E-state index in [0.29, 0.717) is 38.0 Å². The summed E-state index contributed by atoms with van der Waals surface area (Å²) in [5, 5.41) is 55.2. The lowest BCUT2D eigenvalue weighted by molar-refractivity contribution is -0.147. The Morgan fingerprint density at radius 2 is 1.68 bits per heavy atom. The molecule has 220 valence electrons. The monoisotopic (exact) mass is 538 g/mol. The van der Waals surface area contributed by atoms with Gasteiger partial charge in [0, 0.05) is 6.54 Å². The van der Waals surface area contributed by atoms with Crippen molar-refractivity contribution in [2.24, 2.45) is 17.6 Å². The lowest BCUT2D eigenvalue weighted by atomic mass is 9.86. The summed E-state index contributed by atoms with van der Waals surface area (Å²) in [5.74, 6) is -1.18. The predicted octanol–water partition coefficient (Wildman–Crippen LogP) is 4.11. The van der Waals surface area contributed by atoms with Gasteiger partial charge in [-0.15, -0.1) is 0 Å². The molecule has 1 fully saturated rings. The van der Waals surface area contributed by atoms with Gasteiger partial charge in [0.1, 0.15) is 0 Å². The molecule has 8 heteroatoms. The molecule has 0 radical (unpaired) electrons. The molecule has 0 bridgehead atoms. The molecule has 0 aromatic rings. The Balaban J connectivity index is 1.66. The number of aliphatic hydroxyl groups excluding tert-OH is 3. The molecule has 0 aromatic heterocycles. The second-order valence-corrected chi connectivity index (χ2v) is 11.8. The van der Waals surface area contributed by atoms with Crippen LogP contribution in [0.4, 0.5) is 0 Å². The van der Waals surface area contributed by atoms with Gasteiger partial charge in [-0.2, -0.15) is 0 Å². The standard InChI is InChI=1S/C30H54N2O6/c1-2-3-4-5-8-11-24(33)12-9-6-7-10-13-25(29(36)37)26(34)14-16-30(38)21-23(19-27(30)35)18-22-15-17-32-28(31)20-22/h15,20,23-27,32-35,38H,2-14,16-19,21,31H2,1H3,(H,36,37)/t23-,24-,25-,26+,27+,30+/m0/s1. The number of aliphatic carboxylic acids is 1. The molecule has 1 aliphatic carbocycles. The van der Waals surface area contributed by atoms with Gasteiger partial charge in [0.2, 0.25) is 0 Å².